The van der Waals surface area contributed by atoms with Gasteiger partial charge in [-0.15, -0.1) is 0 Å². The molecule has 1 fully saturated rings. The average molecular weight is 361 g/mol. The van der Waals surface area contributed by atoms with Crippen LogP contribution in [0.1, 0.15) is 36.0 Å². The summed E-state index contributed by atoms with van der Waals surface area (Å²) in [5, 5.41) is 6.13. The molecule has 2 aromatic rings. The average Bonchev–Trinajstić information content (AvgIpc) is 3.01. The van der Waals surface area contributed by atoms with E-state index >= 15 is 0 Å². The standard InChI is InChI=1S/C16H17BrN4O/c17-12-4-3-7-14(8-12)21-16-18-9-11(10-19-16)15(22)20-13-5-1-2-6-13/h3-4,7-10,13H,1-2,5-6H2,(H,20,22)(H,18,19,21). The number of carbonyl (C=O) groups is 1. The van der Waals surface area contributed by atoms with E-state index in [1.54, 1.807) is 12.4 Å². The van der Waals surface area contributed by atoms with E-state index in [9.17, 15) is 4.79 Å². The monoisotopic (exact) mass is 360 g/mol. The number of anilines is 2. The lowest BCUT2D eigenvalue weighted by Crippen LogP contribution is -2.32. The van der Waals surface area contributed by atoms with E-state index < -0.39 is 0 Å². The zero-order valence-electron chi connectivity index (χ0n) is 12.1. The van der Waals surface area contributed by atoms with E-state index in [1.807, 2.05) is 24.3 Å². The highest BCUT2D eigenvalue weighted by molar-refractivity contribution is 9.10. The second-order valence-corrected chi connectivity index (χ2v) is 6.30. The third kappa shape index (κ3) is 3.82. The molecule has 5 nitrogen and oxygen atoms in total. The molecule has 22 heavy (non-hydrogen) atoms. The highest BCUT2D eigenvalue weighted by Crippen LogP contribution is 2.19. The maximum absolute atomic E-state index is 12.1. The maximum Gasteiger partial charge on any atom is 0.254 e. The Bertz CT molecular complexity index is 653. The number of hydrogen-bond donors (Lipinski definition) is 2. The zero-order valence-corrected chi connectivity index (χ0v) is 13.6. The first-order valence-electron chi connectivity index (χ1n) is 7.36. The smallest absolute Gasteiger partial charge is 0.254 e. The van der Waals surface area contributed by atoms with Gasteiger partial charge in [0.1, 0.15) is 0 Å². The molecule has 1 aromatic carbocycles. The lowest BCUT2D eigenvalue weighted by atomic mass is 10.2. The lowest BCUT2D eigenvalue weighted by Gasteiger charge is -2.11. The van der Waals surface area contributed by atoms with Crippen molar-refractivity contribution in [1.29, 1.82) is 0 Å². The van der Waals surface area contributed by atoms with Gasteiger partial charge in [-0.2, -0.15) is 0 Å². The van der Waals surface area contributed by atoms with Crippen LogP contribution in [0.5, 0.6) is 0 Å². The van der Waals surface area contributed by atoms with Crippen LogP contribution in [0.2, 0.25) is 0 Å². The number of rotatable bonds is 4. The van der Waals surface area contributed by atoms with Crippen molar-refractivity contribution in [1.82, 2.24) is 15.3 Å². The minimum Gasteiger partial charge on any atom is -0.349 e. The van der Waals surface area contributed by atoms with E-state index in [1.165, 1.54) is 12.8 Å². The van der Waals surface area contributed by atoms with Crippen molar-refractivity contribution < 1.29 is 4.79 Å². The van der Waals surface area contributed by atoms with Gasteiger partial charge in [0.05, 0.1) is 5.56 Å². The van der Waals surface area contributed by atoms with Gasteiger partial charge >= 0.3 is 0 Å². The van der Waals surface area contributed by atoms with Gasteiger partial charge in [0.25, 0.3) is 5.91 Å². The SMILES string of the molecule is O=C(NC1CCCC1)c1cnc(Nc2cccc(Br)c2)nc1. The van der Waals surface area contributed by atoms with Crippen LogP contribution < -0.4 is 10.6 Å². The molecule has 3 rings (SSSR count). The molecular formula is C16H17BrN4O. The number of carbonyl (C=O) groups excluding carboxylic acids is 1. The van der Waals surface area contributed by atoms with Crippen LogP contribution in [0.25, 0.3) is 0 Å². The number of amides is 1. The van der Waals surface area contributed by atoms with Crippen LogP contribution in [0.15, 0.2) is 41.1 Å². The van der Waals surface area contributed by atoms with E-state index in [2.05, 4.69) is 36.5 Å². The van der Waals surface area contributed by atoms with Gasteiger partial charge in [0.15, 0.2) is 0 Å². The normalized spacial score (nSPS) is 14.8. The maximum atomic E-state index is 12.1. The molecule has 1 heterocycles. The summed E-state index contributed by atoms with van der Waals surface area (Å²) in [7, 11) is 0. The number of nitrogens with zero attached hydrogens (tertiary/aromatic N) is 2. The summed E-state index contributed by atoms with van der Waals surface area (Å²) in [6.07, 6.45) is 7.62. The Kier molecular flexibility index (Phi) is 4.68. The minimum atomic E-state index is -0.0964. The zero-order chi connectivity index (χ0) is 15.4. The highest BCUT2D eigenvalue weighted by Gasteiger charge is 2.18. The topological polar surface area (TPSA) is 66.9 Å². The van der Waals surface area contributed by atoms with E-state index in [4.69, 9.17) is 0 Å². The van der Waals surface area contributed by atoms with Crippen molar-refractivity contribution in [3.05, 3.63) is 46.7 Å². The fourth-order valence-corrected chi connectivity index (χ4v) is 2.94. The molecule has 1 aliphatic rings. The third-order valence-corrected chi connectivity index (χ3v) is 4.18. The second-order valence-electron chi connectivity index (χ2n) is 5.39. The van der Waals surface area contributed by atoms with Crippen molar-refractivity contribution in [2.75, 3.05) is 5.32 Å². The predicted octanol–water partition coefficient (Wildman–Crippen LogP) is 3.66. The fourth-order valence-electron chi connectivity index (χ4n) is 2.54. The van der Waals surface area contributed by atoms with Gasteiger partial charge in [-0.1, -0.05) is 34.8 Å². The Morgan fingerprint density at radius 2 is 1.91 bits per heavy atom. The molecule has 1 saturated carbocycles. The Balaban J connectivity index is 1.63. The molecule has 2 N–H and O–H groups in total. The Morgan fingerprint density at radius 3 is 2.59 bits per heavy atom. The fraction of sp³-hybridized carbons (Fsp3) is 0.312. The molecule has 6 heteroatoms. The number of aromatic nitrogens is 2. The highest BCUT2D eigenvalue weighted by atomic mass is 79.9. The van der Waals surface area contributed by atoms with Crippen LogP contribution in [0, 0.1) is 0 Å². The van der Waals surface area contributed by atoms with Gasteiger partial charge in [0.2, 0.25) is 5.95 Å². The first-order chi connectivity index (χ1) is 10.7. The van der Waals surface area contributed by atoms with Crippen LogP contribution in [0.4, 0.5) is 11.6 Å². The summed E-state index contributed by atoms with van der Waals surface area (Å²) in [6, 6.07) is 8.03. The quantitative estimate of drug-likeness (QED) is 0.872. The molecule has 114 valence electrons. The van der Waals surface area contributed by atoms with Crippen molar-refractivity contribution in [3.8, 4) is 0 Å². The Labute approximate surface area is 137 Å². The lowest BCUT2D eigenvalue weighted by molar-refractivity contribution is 0.0937. The molecule has 1 amide bonds. The molecule has 0 unspecified atom stereocenters. The molecule has 1 aliphatic carbocycles. The van der Waals surface area contributed by atoms with E-state index in [-0.39, 0.29) is 5.91 Å². The molecule has 0 saturated heterocycles. The van der Waals surface area contributed by atoms with Crippen LogP contribution in [-0.2, 0) is 0 Å². The molecule has 0 aliphatic heterocycles. The molecule has 0 bridgehead atoms. The van der Waals surface area contributed by atoms with Gasteiger partial charge in [-0.3, -0.25) is 4.79 Å². The predicted molar refractivity (Wildman–Crippen MR) is 89.2 cm³/mol. The first-order valence-corrected chi connectivity index (χ1v) is 8.15. The largest absolute Gasteiger partial charge is 0.349 e. The first kappa shape index (κ1) is 15.0. The molecular weight excluding hydrogens is 344 g/mol. The summed E-state index contributed by atoms with van der Waals surface area (Å²) in [6.45, 7) is 0. The van der Waals surface area contributed by atoms with Crippen molar-refractivity contribution in [3.63, 3.8) is 0 Å². The molecule has 0 radical (unpaired) electrons. The summed E-state index contributed by atoms with van der Waals surface area (Å²) < 4.78 is 0.977. The van der Waals surface area contributed by atoms with Crippen LogP contribution >= 0.6 is 15.9 Å². The third-order valence-electron chi connectivity index (χ3n) is 3.69. The summed E-state index contributed by atoms with van der Waals surface area (Å²) in [4.78, 5) is 20.5. The number of nitrogens with one attached hydrogen (secondary N) is 2. The van der Waals surface area contributed by atoms with Gasteiger partial charge < -0.3 is 10.6 Å². The molecule has 0 atom stereocenters. The number of halogens is 1. The summed E-state index contributed by atoms with van der Waals surface area (Å²) in [5.74, 6) is 0.372. The van der Waals surface area contributed by atoms with Crippen molar-refractivity contribution >= 4 is 33.5 Å². The summed E-state index contributed by atoms with van der Waals surface area (Å²) >= 11 is 3.41. The number of benzene rings is 1. The van der Waals surface area contributed by atoms with Crippen LogP contribution in [-0.4, -0.2) is 21.9 Å². The van der Waals surface area contributed by atoms with E-state index in [0.29, 0.717) is 17.6 Å². The molecule has 1 aromatic heterocycles. The second kappa shape index (κ2) is 6.87. The van der Waals surface area contributed by atoms with Crippen molar-refractivity contribution in [2.24, 2.45) is 0 Å². The van der Waals surface area contributed by atoms with Gasteiger partial charge in [0, 0.05) is 28.6 Å². The Hall–Kier alpha value is -1.95. The van der Waals surface area contributed by atoms with Gasteiger partial charge in [-0.05, 0) is 31.0 Å². The van der Waals surface area contributed by atoms with E-state index in [0.717, 1.165) is 23.0 Å². The molecule has 0 spiro atoms. The Morgan fingerprint density at radius 1 is 1.18 bits per heavy atom. The van der Waals surface area contributed by atoms with Crippen LogP contribution in [0.3, 0.4) is 0 Å². The van der Waals surface area contributed by atoms with Gasteiger partial charge in [-0.25, -0.2) is 9.97 Å². The summed E-state index contributed by atoms with van der Waals surface area (Å²) in [5.41, 5.74) is 1.38. The minimum absolute atomic E-state index is 0.0964. The number of hydrogen-bond acceptors (Lipinski definition) is 4. The van der Waals surface area contributed by atoms with Crippen molar-refractivity contribution in [2.45, 2.75) is 31.7 Å².